The topological polar surface area (TPSA) is 42.3 Å². The van der Waals surface area contributed by atoms with Crippen LogP contribution in [0.1, 0.15) is 6.92 Å². The van der Waals surface area contributed by atoms with E-state index in [1.54, 1.807) is 24.6 Å². The van der Waals surface area contributed by atoms with Gasteiger partial charge in [0.2, 0.25) is 0 Å². The Bertz CT molecular complexity index is 410. The Hall–Kier alpha value is -0.610. The van der Waals surface area contributed by atoms with Gasteiger partial charge in [-0.15, -0.1) is 0 Å². The Morgan fingerprint density at radius 2 is 2.38 bits per heavy atom. The highest BCUT2D eigenvalue weighted by Gasteiger charge is 2.02. The summed E-state index contributed by atoms with van der Waals surface area (Å²) in [5.74, 6) is 0.860. The average Bonchev–Trinajstić information content (AvgIpc) is 2.09. The molecule has 0 aliphatic carbocycles. The lowest BCUT2D eigenvalue weighted by Crippen LogP contribution is -1.98. The van der Waals surface area contributed by atoms with Gasteiger partial charge >= 0.3 is 0 Å². The highest BCUT2D eigenvalue weighted by Crippen LogP contribution is 2.21. The third-order valence-corrected chi connectivity index (χ3v) is 3.48. The van der Waals surface area contributed by atoms with Crippen molar-refractivity contribution in [1.82, 2.24) is 4.98 Å². The molecule has 0 amide bonds. The summed E-state index contributed by atoms with van der Waals surface area (Å²) in [5, 5.41) is 0.436. The van der Waals surface area contributed by atoms with E-state index in [2.05, 4.69) is 9.35 Å². The first-order chi connectivity index (χ1) is 6.05. The lowest BCUT2D eigenvalue weighted by molar-refractivity contribution is 0.681. The fourth-order valence-electron chi connectivity index (χ4n) is 0.692. The quantitative estimate of drug-likeness (QED) is 0.766. The minimum absolute atomic E-state index is 0.360. The molecule has 1 atom stereocenters. The van der Waals surface area contributed by atoms with E-state index < -0.39 is 9.73 Å². The summed E-state index contributed by atoms with van der Waals surface area (Å²) in [6.07, 6.45) is 3.17. The summed E-state index contributed by atoms with van der Waals surface area (Å²) >= 11 is 5.81. The summed E-state index contributed by atoms with van der Waals surface area (Å²) in [6.45, 7) is 1.82. The molecule has 0 fully saturated rings. The smallest absolute Gasteiger partial charge is 0.180 e. The third kappa shape index (κ3) is 2.97. The van der Waals surface area contributed by atoms with E-state index in [0.717, 1.165) is 0 Å². The zero-order chi connectivity index (χ0) is 9.90. The number of hydrogen-bond donors (Lipinski definition) is 0. The molecule has 0 radical (unpaired) electrons. The standard InChI is InChI=1S/C8H11ClN2OS/c1-3-13(2,12)11-8-7(9)5-4-6-10-8/h4-6H,3H2,1-2H3/t13-/m0/s1. The van der Waals surface area contributed by atoms with Crippen molar-refractivity contribution < 1.29 is 4.21 Å². The minimum Gasteiger partial charge on any atom is -0.250 e. The van der Waals surface area contributed by atoms with E-state index in [4.69, 9.17) is 11.6 Å². The predicted molar refractivity (Wildman–Crippen MR) is 55.9 cm³/mol. The first-order valence-electron chi connectivity index (χ1n) is 3.85. The van der Waals surface area contributed by atoms with E-state index in [9.17, 15) is 4.21 Å². The second kappa shape index (κ2) is 4.07. The van der Waals surface area contributed by atoms with Crippen LogP contribution >= 0.6 is 11.6 Å². The van der Waals surface area contributed by atoms with Crippen LogP contribution in [0.25, 0.3) is 0 Å². The van der Waals surface area contributed by atoms with Crippen molar-refractivity contribution >= 4 is 27.1 Å². The molecule has 5 heteroatoms. The van der Waals surface area contributed by atoms with Crippen LogP contribution in [0.3, 0.4) is 0 Å². The molecule has 13 heavy (non-hydrogen) atoms. The SMILES string of the molecule is CC[S@](C)(=O)=Nc1ncccc1Cl. The molecule has 0 spiro atoms. The highest BCUT2D eigenvalue weighted by molar-refractivity contribution is 7.93. The molecule has 1 heterocycles. The molecule has 3 nitrogen and oxygen atoms in total. The Labute approximate surface area is 83.3 Å². The Morgan fingerprint density at radius 3 is 2.92 bits per heavy atom. The average molecular weight is 219 g/mol. The lowest BCUT2D eigenvalue weighted by Gasteiger charge is -2.00. The number of pyridine rings is 1. The summed E-state index contributed by atoms with van der Waals surface area (Å²) in [6, 6.07) is 3.39. The molecule has 0 aromatic carbocycles. The maximum Gasteiger partial charge on any atom is 0.180 e. The van der Waals surface area contributed by atoms with Crippen LogP contribution in [0.5, 0.6) is 0 Å². The van der Waals surface area contributed by atoms with E-state index in [0.29, 0.717) is 16.6 Å². The number of hydrogen-bond acceptors (Lipinski definition) is 3. The van der Waals surface area contributed by atoms with Crippen LogP contribution in [0.2, 0.25) is 5.02 Å². The van der Waals surface area contributed by atoms with Gasteiger partial charge in [0.25, 0.3) is 0 Å². The van der Waals surface area contributed by atoms with Crippen LogP contribution < -0.4 is 0 Å². The van der Waals surface area contributed by atoms with Crippen molar-refractivity contribution in [2.75, 3.05) is 12.0 Å². The van der Waals surface area contributed by atoms with Gasteiger partial charge in [0.1, 0.15) is 0 Å². The Kier molecular flexibility index (Phi) is 3.27. The van der Waals surface area contributed by atoms with Crippen LogP contribution in [-0.4, -0.2) is 21.2 Å². The normalized spacial score (nSPS) is 15.0. The molecule has 1 aromatic rings. The molecule has 0 aliphatic heterocycles. The maximum atomic E-state index is 11.6. The van der Waals surface area contributed by atoms with Gasteiger partial charge in [-0.05, 0) is 12.1 Å². The first kappa shape index (κ1) is 10.5. The van der Waals surface area contributed by atoms with E-state index in [-0.39, 0.29) is 0 Å². The fourth-order valence-corrected chi connectivity index (χ4v) is 1.55. The third-order valence-electron chi connectivity index (χ3n) is 1.55. The molecule has 0 bridgehead atoms. The Balaban J connectivity index is 3.19. The van der Waals surface area contributed by atoms with Crippen LogP contribution in [0.4, 0.5) is 5.82 Å². The molecule has 0 unspecified atom stereocenters. The van der Waals surface area contributed by atoms with Crippen molar-refractivity contribution in [1.29, 1.82) is 0 Å². The van der Waals surface area contributed by atoms with E-state index >= 15 is 0 Å². The van der Waals surface area contributed by atoms with E-state index in [1.807, 2.05) is 6.92 Å². The van der Waals surface area contributed by atoms with Crippen LogP contribution in [-0.2, 0) is 9.73 Å². The zero-order valence-corrected chi connectivity index (χ0v) is 9.10. The number of rotatable bonds is 2. The fraction of sp³-hybridized carbons (Fsp3) is 0.375. The number of halogens is 1. The van der Waals surface area contributed by atoms with E-state index in [1.165, 1.54) is 0 Å². The van der Waals surface area contributed by atoms with Crippen molar-refractivity contribution in [2.24, 2.45) is 4.36 Å². The zero-order valence-electron chi connectivity index (χ0n) is 7.53. The molecular weight excluding hydrogens is 208 g/mol. The van der Waals surface area contributed by atoms with Crippen molar-refractivity contribution in [3.05, 3.63) is 23.4 Å². The first-order valence-corrected chi connectivity index (χ1v) is 6.32. The van der Waals surface area contributed by atoms with Crippen LogP contribution in [0.15, 0.2) is 22.7 Å². The van der Waals surface area contributed by atoms with Gasteiger partial charge in [0.05, 0.1) is 14.8 Å². The summed E-state index contributed by atoms with van der Waals surface area (Å²) in [5.41, 5.74) is 0. The van der Waals surface area contributed by atoms with Gasteiger partial charge in [-0.25, -0.2) is 9.19 Å². The second-order valence-electron chi connectivity index (χ2n) is 2.65. The molecule has 0 N–H and O–H groups in total. The summed E-state index contributed by atoms with van der Waals surface area (Å²) < 4.78 is 15.6. The molecule has 1 rings (SSSR count). The van der Waals surface area contributed by atoms with Gasteiger partial charge in [0.15, 0.2) is 5.82 Å². The van der Waals surface area contributed by atoms with Crippen molar-refractivity contribution in [2.45, 2.75) is 6.92 Å². The van der Waals surface area contributed by atoms with Crippen molar-refractivity contribution in [3.8, 4) is 0 Å². The summed E-state index contributed by atoms with van der Waals surface area (Å²) in [4.78, 5) is 3.93. The lowest BCUT2D eigenvalue weighted by atomic mass is 10.5. The number of nitrogens with zero attached hydrogens (tertiary/aromatic N) is 2. The monoisotopic (exact) mass is 218 g/mol. The van der Waals surface area contributed by atoms with Gasteiger partial charge in [-0.3, -0.25) is 0 Å². The number of aromatic nitrogens is 1. The van der Waals surface area contributed by atoms with Gasteiger partial charge in [-0.2, -0.15) is 4.36 Å². The van der Waals surface area contributed by atoms with Gasteiger partial charge in [-0.1, -0.05) is 18.5 Å². The molecule has 1 aromatic heterocycles. The largest absolute Gasteiger partial charge is 0.250 e. The predicted octanol–water partition coefficient (Wildman–Crippen LogP) is 2.48. The van der Waals surface area contributed by atoms with Crippen molar-refractivity contribution in [3.63, 3.8) is 0 Å². The molecule has 72 valence electrons. The molecule has 0 saturated heterocycles. The molecular formula is C8H11ClN2OS. The Morgan fingerprint density at radius 1 is 1.69 bits per heavy atom. The van der Waals surface area contributed by atoms with Crippen LogP contribution in [0, 0.1) is 0 Å². The summed E-state index contributed by atoms with van der Waals surface area (Å²) in [7, 11) is -2.17. The highest BCUT2D eigenvalue weighted by atomic mass is 35.5. The molecule has 0 aliphatic rings. The van der Waals surface area contributed by atoms with Gasteiger partial charge in [0, 0.05) is 18.2 Å². The van der Waals surface area contributed by atoms with Gasteiger partial charge < -0.3 is 0 Å². The second-order valence-corrected chi connectivity index (χ2v) is 5.73. The maximum absolute atomic E-state index is 11.6. The minimum atomic E-state index is -2.17. The molecule has 0 saturated carbocycles.